The van der Waals surface area contributed by atoms with Crippen LogP contribution in [0.5, 0.6) is 5.75 Å². The number of hydrogen-bond donors (Lipinski definition) is 2. The van der Waals surface area contributed by atoms with Crippen LogP contribution in [0.3, 0.4) is 0 Å². The Bertz CT molecular complexity index is 523. The van der Waals surface area contributed by atoms with Crippen molar-refractivity contribution in [2.75, 3.05) is 5.73 Å². The van der Waals surface area contributed by atoms with Crippen LogP contribution in [0, 0.1) is 0 Å². The Hall–Kier alpha value is -2.01. The maximum atomic E-state index is 11.6. The number of phenols is 1. The quantitative estimate of drug-likeness (QED) is 0.497. The minimum atomic E-state index is -0.478. The number of nitrogens with two attached hydrogens (primary N) is 1. The Labute approximate surface area is 102 Å². The second kappa shape index (κ2) is 4.88. The molecule has 0 saturated heterocycles. The molecule has 3 N–H and O–H groups in total. The normalized spacial score (nSPS) is 10.1. The number of anilines is 1. The molecule has 0 spiro atoms. The lowest BCUT2D eigenvalue weighted by Crippen LogP contribution is -2.04. The van der Waals surface area contributed by atoms with Gasteiger partial charge in [-0.1, -0.05) is 6.07 Å². The van der Waals surface area contributed by atoms with E-state index in [1.165, 1.54) is 29.5 Å². The van der Waals surface area contributed by atoms with Crippen molar-refractivity contribution in [1.29, 1.82) is 0 Å². The van der Waals surface area contributed by atoms with Crippen LogP contribution in [0.4, 0.5) is 5.69 Å². The molecule has 2 aromatic rings. The van der Waals surface area contributed by atoms with Gasteiger partial charge < -0.3 is 15.6 Å². The molecule has 0 bridgehead atoms. The number of carbonyl (C=O) groups is 1. The third kappa shape index (κ3) is 2.76. The van der Waals surface area contributed by atoms with Crippen molar-refractivity contribution in [3.8, 4) is 5.75 Å². The van der Waals surface area contributed by atoms with E-state index < -0.39 is 5.97 Å². The first-order valence-electron chi connectivity index (χ1n) is 4.95. The summed E-state index contributed by atoms with van der Waals surface area (Å²) in [5, 5.41) is 11.3. The highest BCUT2D eigenvalue weighted by Gasteiger charge is 2.09. The van der Waals surface area contributed by atoms with E-state index in [-0.39, 0.29) is 23.6 Å². The van der Waals surface area contributed by atoms with E-state index in [4.69, 9.17) is 10.5 Å². The molecule has 4 nitrogen and oxygen atoms in total. The smallest absolute Gasteiger partial charge is 0.338 e. The summed E-state index contributed by atoms with van der Waals surface area (Å²) in [7, 11) is 0. The van der Waals surface area contributed by atoms with Gasteiger partial charge in [-0.15, -0.1) is 11.3 Å². The van der Waals surface area contributed by atoms with Gasteiger partial charge in [-0.2, -0.15) is 0 Å². The first-order valence-corrected chi connectivity index (χ1v) is 5.83. The molecular weight excluding hydrogens is 238 g/mol. The molecule has 0 saturated carbocycles. The van der Waals surface area contributed by atoms with Crippen LogP contribution in [0.1, 0.15) is 15.2 Å². The van der Waals surface area contributed by atoms with E-state index in [1.807, 2.05) is 17.5 Å². The van der Waals surface area contributed by atoms with Crippen LogP contribution >= 0.6 is 11.3 Å². The van der Waals surface area contributed by atoms with Crippen molar-refractivity contribution in [3.63, 3.8) is 0 Å². The molecule has 0 amide bonds. The zero-order chi connectivity index (χ0) is 12.3. The Morgan fingerprint density at radius 3 is 2.88 bits per heavy atom. The Morgan fingerprint density at radius 1 is 1.41 bits per heavy atom. The van der Waals surface area contributed by atoms with Gasteiger partial charge in [0.2, 0.25) is 0 Å². The minimum Gasteiger partial charge on any atom is -0.506 e. The number of rotatable bonds is 3. The fourth-order valence-corrected chi connectivity index (χ4v) is 1.90. The molecule has 1 aromatic carbocycles. The topological polar surface area (TPSA) is 72.6 Å². The second-order valence-electron chi connectivity index (χ2n) is 3.43. The van der Waals surface area contributed by atoms with Crippen LogP contribution in [0.2, 0.25) is 0 Å². The Morgan fingerprint density at radius 2 is 2.24 bits per heavy atom. The van der Waals surface area contributed by atoms with Gasteiger partial charge in [0.15, 0.2) is 0 Å². The molecular formula is C12H11NO3S. The van der Waals surface area contributed by atoms with E-state index in [1.54, 1.807) is 0 Å². The zero-order valence-electron chi connectivity index (χ0n) is 8.92. The summed E-state index contributed by atoms with van der Waals surface area (Å²) in [5.74, 6) is -0.593. The molecule has 0 fully saturated rings. The maximum absolute atomic E-state index is 11.6. The van der Waals surface area contributed by atoms with Crippen molar-refractivity contribution in [3.05, 3.63) is 46.2 Å². The van der Waals surface area contributed by atoms with Crippen LogP contribution in [0.15, 0.2) is 35.7 Å². The lowest BCUT2D eigenvalue weighted by molar-refractivity contribution is 0.0476. The molecule has 0 radical (unpaired) electrons. The standard InChI is InChI=1S/C12H11NO3S/c13-10-4-3-8(6-11(10)14)12(15)16-7-9-2-1-5-17-9/h1-6,14H,7,13H2. The summed E-state index contributed by atoms with van der Waals surface area (Å²) < 4.78 is 5.09. The van der Waals surface area contributed by atoms with Gasteiger partial charge >= 0.3 is 5.97 Å². The lowest BCUT2D eigenvalue weighted by Gasteiger charge is -2.04. The molecule has 88 valence electrons. The molecule has 5 heteroatoms. The number of ether oxygens (including phenoxy) is 1. The van der Waals surface area contributed by atoms with E-state index in [9.17, 15) is 9.90 Å². The lowest BCUT2D eigenvalue weighted by atomic mass is 10.2. The van der Waals surface area contributed by atoms with Gasteiger partial charge in [-0.3, -0.25) is 0 Å². The molecule has 0 unspecified atom stereocenters. The van der Waals surface area contributed by atoms with Crippen molar-refractivity contribution >= 4 is 23.0 Å². The number of esters is 1. The van der Waals surface area contributed by atoms with Gasteiger partial charge in [0, 0.05) is 4.88 Å². The number of aromatic hydroxyl groups is 1. The number of nitrogen functional groups attached to an aromatic ring is 1. The summed E-state index contributed by atoms with van der Waals surface area (Å²) >= 11 is 1.52. The van der Waals surface area contributed by atoms with Gasteiger partial charge in [0.1, 0.15) is 12.4 Å². The number of carbonyl (C=O) groups excluding carboxylic acids is 1. The molecule has 2 rings (SSSR count). The van der Waals surface area contributed by atoms with E-state index in [0.29, 0.717) is 0 Å². The summed E-state index contributed by atoms with van der Waals surface area (Å²) in [5.41, 5.74) is 5.96. The third-order valence-electron chi connectivity index (χ3n) is 2.19. The minimum absolute atomic E-state index is 0.115. The van der Waals surface area contributed by atoms with E-state index in [0.717, 1.165) is 4.88 Å². The Kier molecular flexibility index (Phi) is 3.30. The zero-order valence-corrected chi connectivity index (χ0v) is 9.74. The van der Waals surface area contributed by atoms with Gasteiger partial charge in [-0.05, 0) is 29.6 Å². The van der Waals surface area contributed by atoms with Crippen LogP contribution < -0.4 is 5.73 Å². The van der Waals surface area contributed by atoms with E-state index in [2.05, 4.69) is 0 Å². The molecule has 1 heterocycles. The summed E-state index contributed by atoms with van der Waals surface area (Å²) in [6.07, 6.45) is 0. The summed E-state index contributed by atoms with van der Waals surface area (Å²) in [4.78, 5) is 12.6. The largest absolute Gasteiger partial charge is 0.506 e. The predicted octanol–water partition coefficient (Wildman–Crippen LogP) is 2.39. The maximum Gasteiger partial charge on any atom is 0.338 e. The van der Waals surface area contributed by atoms with Gasteiger partial charge in [-0.25, -0.2) is 4.79 Å². The Balaban J connectivity index is 2.02. The molecule has 0 aliphatic carbocycles. The first-order chi connectivity index (χ1) is 8.16. The first kappa shape index (κ1) is 11.5. The summed E-state index contributed by atoms with van der Waals surface area (Å²) in [6.45, 7) is 0.238. The third-order valence-corrected chi connectivity index (χ3v) is 3.04. The second-order valence-corrected chi connectivity index (χ2v) is 4.46. The van der Waals surface area contributed by atoms with E-state index >= 15 is 0 Å². The number of thiophene rings is 1. The number of hydrogen-bond acceptors (Lipinski definition) is 5. The molecule has 17 heavy (non-hydrogen) atoms. The fourth-order valence-electron chi connectivity index (χ4n) is 1.29. The van der Waals surface area contributed by atoms with Crippen molar-refractivity contribution < 1.29 is 14.6 Å². The van der Waals surface area contributed by atoms with Gasteiger partial charge in [0.25, 0.3) is 0 Å². The fraction of sp³-hybridized carbons (Fsp3) is 0.0833. The molecule has 0 atom stereocenters. The molecule has 1 aromatic heterocycles. The van der Waals surface area contributed by atoms with Crippen molar-refractivity contribution in [2.24, 2.45) is 0 Å². The van der Waals surface area contributed by atoms with Crippen molar-refractivity contribution in [2.45, 2.75) is 6.61 Å². The molecule has 0 aliphatic rings. The van der Waals surface area contributed by atoms with Gasteiger partial charge in [0.05, 0.1) is 11.3 Å². The summed E-state index contributed by atoms with van der Waals surface area (Å²) in [6, 6.07) is 8.07. The van der Waals surface area contributed by atoms with Crippen LogP contribution in [-0.4, -0.2) is 11.1 Å². The number of benzene rings is 1. The average molecular weight is 249 g/mol. The van der Waals surface area contributed by atoms with Crippen LogP contribution in [0.25, 0.3) is 0 Å². The highest BCUT2D eigenvalue weighted by molar-refractivity contribution is 7.09. The molecule has 0 aliphatic heterocycles. The van der Waals surface area contributed by atoms with Crippen molar-refractivity contribution in [1.82, 2.24) is 0 Å². The highest BCUT2D eigenvalue weighted by Crippen LogP contribution is 2.21. The SMILES string of the molecule is Nc1ccc(C(=O)OCc2cccs2)cc1O. The predicted molar refractivity (Wildman–Crippen MR) is 66.0 cm³/mol. The monoisotopic (exact) mass is 249 g/mol. The van der Waals surface area contributed by atoms with Crippen LogP contribution in [-0.2, 0) is 11.3 Å². The number of phenolic OH excluding ortho intramolecular Hbond substituents is 1. The average Bonchev–Trinajstić information content (AvgIpc) is 2.82. The highest BCUT2D eigenvalue weighted by atomic mass is 32.1.